The van der Waals surface area contributed by atoms with Crippen LogP contribution in [0.2, 0.25) is 0 Å². The molecule has 1 unspecified atom stereocenters. The molecule has 0 saturated carbocycles. The molecule has 0 spiro atoms. The third-order valence-electron chi connectivity index (χ3n) is 1.15. The van der Waals surface area contributed by atoms with E-state index in [2.05, 4.69) is 20.9 Å². The second-order valence-corrected chi connectivity index (χ2v) is 4.29. The Morgan fingerprint density at radius 2 is 2.21 bits per heavy atom. The van der Waals surface area contributed by atoms with Crippen molar-refractivity contribution in [3.63, 3.8) is 0 Å². The van der Waals surface area contributed by atoms with Crippen molar-refractivity contribution in [2.45, 2.75) is 32.4 Å². The van der Waals surface area contributed by atoms with Crippen LogP contribution >= 0.6 is 15.9 Å². The summed E-state index contributed by atoms with van der Waals surface area (Å²) in [5.74, 6) is -0.438. The van der Waals surface area contributed by atoms with Gasteiger partial charge in [-0.1, -0.05) is 0 Å². The average molecular weight is 262 g/mol. The van der Waals surface area contributed by atoms with Crippen molar-refractivity contribution >= 4 is 35.2 Å². The molecule has 0 radical (unpaired) electrons. The van der Waals surface area contributed by atoms with Crippen LogP contribution in [0.3, 0.4) is 0 Å². The van der Waals surface area contributed by atoms with Crippen molar-refractivity contribution in [3.8, 4) is 0 Å². The molecule has 0 aromatic rings. The molecule has 14 heavy (non-hydrogen) atoms. The fourth-order valence-corrected chi connectivity index (χ4v) is 1.10. The fourth-order valence-electron chi connectivity index (χ4n) is 0.673. The Hall–Kier alpha value is -0.515. The average Bonchev–Trinajstić information content (AvgIpc) is 2.02. The van der Waals surface area contributed by atoms with E-state index in [1.54, 1.807) is 20.8 Å². The van der Waals surface area contributed by atoms with E-state index in [1.165, 1.54) is 0 Å². The van der Waals surface area contributed by atoms with Crippen LogP contribution in [0.5, 0.6) is 0 Å². The van der Waals surface area contributed by atoms with Gasteiger partial charge in [-0.3, -0.25) is 0 Å². The topological polar surface area (TPSA) is 55.7 Å². The van der Waals surface area contributed by atoms with Gasteiger partial charge in [0.1, 0.15) is 0 Å². The van der Waals surface area contributed by atoms with Crippen LogP contribution in [0.15, 0.2) is 4.99 Å². The van der Waals surface area contributed by atoms with Gasteiger partial charge in [0.05, 0.1) is 0 Å². The van der Waals surface area contributed by atoms with Crippen LogP contribution in [-0.4, -0.2) is 36.2 Å². The summed E-state index contributed by atoms with van der Waals surface area (Å²) in [6.45, 7) is 5.33. The monoisotopic (exact) mass is 261 g/mol. The third-order valence-corrected chi connectivity index (χ3v) is 1.77. The molecule has 0 saturated heterocycles. The predicted molar refractivity (Wildman–Crippen MR) is 58.4 cm³/mol. The van der Waals surface area contributed by atoms with Gasteiger partial charge in [-0.2, -0.15) is 0 Å². The molecule has 0 fully saturated rings. The number of hydrogen-bond donors (Lipinski definition) is 0. The number of nitrogens with zero attached hydrogens (tertiary/aromatic N) is 1. The van der Waals surface area contributed by atoms with Gasteiger partial charge in [0.2, 0.25) is 0 Å². The molecule has 78 valence electrons. The summed E-state index contributed by atoms with van der Waals surface area (Å²) in [7, 11) is 0.528. The molecule has 1 atom stereocenters. The summed E-state index contributed by atoms with van der Waals surface area (Å²) in [6, 6.07) is -0.653. The molecule has 0 aliphatic rings. The molecule has 0 bridgehead atoms. The van der Waals surface area contributed by atoms with Crippen LogP contribution in [-0.2, 0) is 14.2 Å². The number of rotatable bonds is 4. The van der Waals surface area contributed by atoms with Crippen molar-refractivity contribution in [3.05, 3.63) is 0 Å². The summed E-state index contributed by atoms with van der Waals surface area (Å²) >= 11 is 3.12. The number of carbonyl (C=O) groups is 1. The standard InChI is InChI=1S/C8H13BBrNO3/c1-8(2,3)14-7(12)6(4-10)11-5-9-13/h5-6H,4H2,1-3H3. The first-order valence-electron chi connectivity index (χ1n) is 4.16. The normalized spacial score (nSPS) is 13.7. The second kappa shape index (κ2) is 6.06. The van der Waals surface area contributed by atoms with E-state index in [0.717, 1.165) is 6.11 Å². The van der Waals surface area contributed by atoms with E-state index in [1.807, 2.05) is 0 Å². The van der Waals surface area contributed by atoms with Crippen molar-refractivity contribution in [2.75, 3.05) is 5.33 Å². The quantitative estimate of drug-likeness (QED) is 0.330. The van der Waals surface area contributed by atoms with Crippen LogP contribution in [0.4, 0.5) is 0 Å². The van der Waals surface area contributed by atoms with Gasteiger partial charge in [-0.15, -0.1) is 0 Å². The van der Waals surface area contributed by atoms with E-state index < -0.39 is 17.6 Å². The van der Waals surface area contributed by atoms with Gasteiger partial charge in [0.15, 0.2) is 0 Å². The van der Waals surface area contributed by atoms with Crippen LogP contribution < -0.4 is 0 Å². The van der Waals surface area contributed by atoms with Crippen LogP contribution in [0, 0.1) is 0 Å². The van der Waals surface area contributed by atoms with E-state index in [4.69, 9.17) is 4.74 Å². The number of halogens is 1. The van der Waals surface area contributed by atoms with Crippen molar-refractivity contribution < 1.29 is 14.2 Å². The Morgan fingerprint density at radius 3 is 2.57 bits per heavy atom. The molecule has 0 heterocycles. The number of alkyl halides is 1. The van der Waals surface area contributed by atoms with Crippen LogP contribution in [0.1, 0.15) is 20.8 Å². The molecule has 0 aliphatic heterocycles. The summed E-state index contributed by atoms with van der Waals surface area (Å²) in [5, 5.41) is 0.340. The number of ether oxygens (including phenoxy) is 1. The van der Waals surface area contributed by atoms with Gasteiger partial charge in [-0.25, -0.2) is 0 Å². The molecule has 0 rings (SSSR count). The number of aliphatic imine (C=N–C) groups is 1. The van der Waals surface area contributed by atoms with E-state index >= 15 is 0 Å². The number of hydrogen-bond acceptors (Lipinski definition) is 4. The van der Waals surface area contributed by atoms with E-state index in [9.17, 15) is 9.50 Å². The minimum atomic E-state index is -0.653. The third kappa shape index (κ3) is 6.02. The van der Waals surface area contributed by atoms with E-state index in [0.29, 0.717) is 12.5 Å². The van der Waals surface area contributed by atoms with Crippen LogP contribution in [0.25, 0.3) is 0 Å². The van der Waals surface area contributed by atoms with E-state index in [-0.39, 0.29) is 0 Å². The SMILES string of the molecule is CC(C)(C)OC(=O)C(CBr)N=CB=O. The van der Waals surface area contributed by atoms with Gasteiger partial charge >= 0.3 is 92.1 Å². The zero-order valence-corrected chi connectivity index (χ0v) is 10.1. The molecule has 0 aromatic carbocycles. The maximum atomic E-state index is 11.4. The van der Waals surface area contributed by atoms with Crippen molar-refractivity contribution in [1.29, 1.82) is 0 Å². The van der Waals surface area contributed by atoms with Gasteiger partial charge in [0, 0.05) is 0 Å². The molecule has 0 aliphatic carbocycles. The Labute approximate surface area is 92.5 Å². The van der Waals surface area contributed by atoms with Gasteiger partial charge in [-0.05, 0) is 0 Å². The second-order valence-electron chi connectivity index (χ2n) is 3.64. The predicted octanol–water partition coefficient (Wildman–Crippen LogP) is 1.17. The first kappa shape index (κ1) is 13.5. The molecule has 0 amide bonds. The first-order valence-corrected chi connectivity index (χ1v) is 5.28. The number of carbonyl (C=O) groups excluding carboxylic acids is 1. The van der Waals surface area contributed by atoms with Crippen molar-refractivity contribution in [2.24, 2.45) is 4.99 Å². The summed E-state index contributed by atoms with van der Waals surface area (Å²) in [5.41, 5.74) is -0.534. The van der Waals surface area contributed by atoms with Gasteiger partial charge < -0.3 is 0 Å². The maximum absolute atomic E-state index is 11.4. The molecule has 0 aromatic heterocycles. The molecule has 0 N–H and O–H groups in total. The van der Waals surface area contributed by atoms with Crippen molar-refractivity contribution in [1.82, 2.24) is 0 Å². The fraction of sp³-hybridized carbons (Fsp3) is 0.750. The molecular weight excluding hydrogens is 249 g/mol. The molecule has 6 heteroatoms. The Bertz CT molecular complexity index is 237. The Balaban J connectivity index is 4.32. The molecular formula is C8H13BBrNO3. The van der Waals surface area contributed by atoms with Gasteiger partial charge in [0.25, 0.3) is 0 Å². The zero-order chi connectivity index (χ0) is 11.2. The summed E-state index contributed by atoms with van der Waals surface area (Å²) in [4.78, 5) is 15.1. The summed E-state index contributed by atoms with van der Waals surface area (Å²) in [6.07, 6.45) is 1.05. The molecule has 4 nitrogen and oxygen atoms in total. The first-order chi connectivity index (χ1) is 6.40. The zero-order valence-electron chi connectivity index (χ0n) is 8.49. The Morgan fingerprint density at radius 1 is 1.64 bits per heavy atom. The summed E-state index contributed by atoms with van der Waals surface area (Å²) < 4.78 is 15.1. The minimum absolute atomic E-state index is 0.340. The Kier molecular flexibility index (Phi) is 5.84. The number of esters is 1.